The molecule has 0 aromatic heterocycles. The number of amides is 2. The van der Waals surface area contributed by atoms with E-state index in [1.165, 1.54) is 4.90 Å². The summed E-state index contributed by atoms with van der Waals surface area (Å²) < 4.78 is 0. The molecule has 1 atom stereocenters. The molecule has 16 heavy (non-hydrogen) atoms. The maximum Gasteiger partial charge on any atom is 0.323 e. The lowest BCUT2D eigenvalue weighted by atomic mass is 10.4. The van der Waals surface area contributed by atoms with Crippen molar-refractivity contribution in [3.63, 3.8) is 0 Å². The van der Waals surface area contributed by atoms with Gasteiger partial charge in [0, 0.05) is 18.3 Å². The van der Waals surface area contributed by atoms with Crippen LogP contribution in [0.15, 0.2) is 0 Å². The summed E-state index contributed by atoms with van der Waals surface area (Å²) in [5.41, 5.74) is 0. The van der Waals surface area contributed by atoms with Crippen LogP contribution in [0.1, 0.15) is 20.3 Å². The monoisotopic (exact) mass is 248 g/mol. The summed E-state index contributed by atoms with van der Waals surface area (Å²) in [6, 6.07) is -0.301. The molecule has 0 bridgehead atoms. The summed E-state index contributed by atoms with van der Waals surface area (Å²) in [4.78, 5) is 23.5. The minimum Gasteiger partial charge on any atom is -0.480 e. The summed E-state index contributed by atoms with van der Waals surface area (Å²) in [5.74, 6) is -0.985. The Morgan fingerprint density at radius 3 is 2.56 bits per heavy atom. The third-order valence-corrected chi connectivity index (χ3v) is 3.02. The number of rotatable bonds is 7. The number of hydrogen-bond acceptors (Lipinski definition) is 3. The van der Waals surface area contributed by atoms with E-state index in [0.29, 0.717) is 18.3 Å². The van der Waals surface area contributed by atoms with Gasteiger partial charge >= 0.3 is 12.0 Å². The summed E-state index contributed by atoms with van der Waals surface area (Å²) in [5, 5.41) is 11.7. The van der Waals surface area contributed by atoms with E-state index < -0.39 is 5.97 Å². The van der Waals surface area contributed by atoms with Gasteiger partial charge in [0.2, 0.25) is 0 Å². The zero-order valence-electron chi connectivity index (χ0n) is 10.0. The van der Waals surface area contributed by atoms with Crippen LogP contribution < -0.4 is 5.32 Å². The molecule has 0 saturated carbocycles. The van der Waals surface area contributed by atoms with Crippen molar-refractivity contribution < 1.29 is 14.7 Å². The molecule has 0 radical (unpaired) electrons. The van der Waals surface area contributed by atoms with Crippen molar-refractivity contribution in [3.8, 4) is 0 Å². The van der Waals surface area contributed by atoms with Crippen molar-refractivity contribution in [1.82, 2.24) is 10.2 Å². The maximum atomic E-state index is 11.6. The second kappa shape index (κ2) is 8.27. The average molecular weight is 248 g/mol. The van der Waals surface area contributed by atoms with Crippen molar-refractivity contribution >= 4 is 23.8 Å². The quantitative estimate of drug-likeness (QED) is 0.711. The van der Waals surface area contributed by atoms with E-state index in [-0.39, 0.29) is 12.6 Å². The first-order valence-electron chi connectivity index (χ1n) is 5.28. The first kappa shape index (κ1) is 15.1. The number of carbonyl (C=O) groups is 2. The molecule has 0 aromatic carbocycles. The Morgan fingerprint density at radius 1 is 1.50 bits per heavy atom. The number of aliphatic carboxylic acids is 1. The smallest absolute Gasteiger partial charge is 0.323 e. The molecule has 0 saturated heterocycles. The van der Waals surface area contributed by atoms with Crippen LogP contribution in [0.4, 0.5) is 4.79 Å². The van der Waals surface area contributed by atoms with Crippen molar-refractivity contribution in [1.29, 1.82) is 0 Å². The molecule has 0 aliphatic rings. The second-order valence-corrected chi connectivity index (χ2v) is 4.82. The van der Waals surface area contributed by atoms with Crippen LogP contribution in [0.2, 0.25) is 0 Å². The molecular formula is C10H20N2O3S. The number of carboxylic acid groups (broad SMARTS) is 1. The lowest BCUT2D eigenvalue weighted by Crippen LogP contribution is -2.44. The van der Waals surface area contributed by atoms with E-state index in [4.69, 9.17) is 5.11 Å². The van der Waals surface area contributed by atoms with Crippen LogP contribution in [-0.2, 0) is 4.79 Å². The molecule has 0 aliphatic carbocycles. The van der Waals surface area contributed by atoms with E-state index >= 15 is 0 Å². The van der Waals surface area contributed by atoms with Gasteiger partial charge in [-0.25, -0.2) is 4.79 Å². The fraction of sp³-hybridized carbons (Fsp3) is 0.800. The molecule has 0 rings (SSSR count). The molecule has 0 heterocycles. The number of carbonyl (C=O) groups excluding carboxylic acids is 1. The molecule has 0 aromatic rings. The van der Waals surface area contributed by atoms with Crippen LogP contribution in [-0.4, -0.2) is 53.1 Å². The summed E-state index contributed by atoms with van der Waals surface area (Å²) >= 11 is 1.66. The first-order valence-corrected chi connectivity index (χ1v) is 6.57. The van der Waals surface area contributed by atoms with E-state index in [0.717, 1.165) is 6.42 Å². The molecule has 1 unspecified atom stereocenters. The fourth-order valence-corrected chi connectivity index (χ4v) is 1.36. The topological polar surface area (TPSA) is 69.6 Å². The van der Waals surface area contributed by atoms with Gasteiger partial charge in [0.05, 0.1) is 0 Å². The van der Waals surface area contributed by atoms with E-state index in [1.807, 2.05) is 20.1 Å². The van der Waals surface area contributed by atoms with Gasteiger partial charge in [0.1, 0.15) is 6.54 Å². The minimum absolute atomic E-state index is 0.243. The van der Waals surface area contributed by atoms with Gasteiger partial charge in [-0.1, -0.05) is 13.8 Å². The highest BCUT2D eigenvalue weighted by molar-refractivity contribution is 7.99. The Kier molecular flexibility index (Phi) is 7.80. The Balaban J connectivity index is 4.10. The SMILES string of the molecule is CCCN(CC(=O)O)C(=O)NCC(C)SC. The standard InChI is InChI=1S/C10H20N2O3S/c1-4-5-12(7-9(13)14)10(15)11-6-8(2)16-3/h8H,4-7H2,1-3H3,(H,11,15)(H,13,14). The number of thioether (sulfide) groups is 1. The van der Waals surface area contributed by atoms with Crippen molar-refractivity contribution in [2.24, 2.45) is 0 Å². The lowest BCUT2D eigenvalue weighted by molar-refractivity contribution is -0.137. The summed E-state index contributed by atoms with van der Waals surface area (Å²) in [6.45, 7) is 4.69. The Morgan fingerprint density at radius 2 is 2.12 bits per heavy atom. The zero-order valence-corrected chi connectivity index (χ0v) is 10.8. The molecule has 2 N–H and O–H groups in total. The summed E-state index contributed by atoms with van der Waals surface area (Å²) in [7, 11) is 0. The fourth-order valence-electron chi connectivity index (χ4n) is 1.11. The van der Waals surface area contributed by atoms with Crippen LogP contribution in [0, 0.1) is 0 Å². The van der Waals surface area contributed by atoms with Gasteiger partial charge in [0.15, 0.2) is 0 Å². The number of nitrogens with zero attached hydrogens (tertiary/aromatic N) is 1. The molecule has 6 heteroatoms. The van der Waals surface area contributed by atoms with Crippen LogP contribution in [0.25, 0.3) is 0 Å². The largest absolute Gasteiger partial charge is 0.480 e. The van der Waals surface area contributed by atoms with Crippen LogP contribution >= 0.6 is 11.8 Å². The van der Waals surface area contributed by atoms with Gasteiger partial charge in [-0.15, -0.1) is 0 Å². The van der Waals surface area contributed by atoms with Crippen molar-refractivity contribution in [3.05, 3.63) is 0 Å². The van der Waals surface area contributed by atoms with Gasteiger partial charge in [-0.05, 0) is 12.7 Å². The molecule has 94 valence electrons. The maximum absolute atomic E-state index is 11.6. The van der Waals surface area contributed by atoms with E-state index in [9.17, 15) is 9.59 Å². The van der Waals surface area contributed by atoms with Crippen LogP contribution in [0.3, 0.4) is 0 Å². The Bertz CT molecular complexity index is 236. The highest BCUT2D eigenvalue weighted by Crippen LogP contribution is 2.03. The molecule has 5 nitrogen and oxygen atoms in total. The molecular weight excluding hydrogens is 228 g/mol. The Labute approximate surface area is 101 Å². The Hall–Kier alpha value is -0.910. The van der Waals surface area contributed by atoms with E-state index in [1.54, 1.807) is 11.8 Å². The molecule has 0 aliphatic heterocycles. The van der Waals surface area contributed by atoms with Crippen LogP contribution in [0.5, 0.6) is 0 Å². The average Bonchev–Trinajstić information content (AvgIpc) is 2.24. The number of hydrogen-bond donors (Lipinski definition) is 2. The van der Waals surface area contributed by atoms with Crippen molar-refractivity contribution in [2.75, 3.05) is 25.9 Å². The minimum atomic E-state index is -0.985. The number of carboxylic acids is 1. The number of urea groups is 1. The predicted octanol–water partition coefficient (Wildman–Crippen LogP) is 1.24. The highest BCUT2D eigenvalue weighted by atomic mass is 32.2. The van der Waals surface area contributed by atoms with Gasteiger partial charge in [-0.3, -0.25) is 4.79 Å². The molecule has 0 fully saturated rings. The molecule has 0 spiro atoms. The number of nitrogens with one attached hydrogen (secondary N) is 1. The lowest BCUT2D eigenvalue weighted by Gasteiger charge is -2.21. The van der Waals surface area contributed by atoms with Gasteiger partial charge < -0.3 is 15.3 Å². The predicted molar refractivity (Wildman–Crippen MR) is 65.9 cm³/mol. The second-order valence-electron chi connectivity index (χ2n) is 3.55. The normalized spacial score (nSPS) is 11.9. The van der Waals surface area contributed by atoms with E-state index in [2.05, 4.69) is 5.32 Å². The van der Waals surface area contributed by atoms with Gasteiger partial charge in [-0.2, -0.15) is 11.8 Å². The van der Waals surface area contributed by atoms with Crippen molar-refractivity contribution in [2.45, 2.75) is 25.5 Å². The zero-order chi connectivity index (χ0) is 12.6. The highest BCUT2D eigenvalue weighted by Gasteiger charge is 2.15. The summed E-state index contributed by atoms with van der Waals surface area (Å²) in [6.07, 6.45) is 2.72. The molecule has 2 amide bonds. The first-order chi connectivity index (χ1) is 7.51. The third kappa shape index (κ3) is 6.55. The third-order valence-electron chi connectivity index (χ3n) is 2.05. The van der Waals surface area contributed by atoms with Gasteiger partial charge in [0.25, 0.3) is 0 Å².